The molecule has 1 aliphatic carbocycles. The number of nitrogens with zero attached hydrogens (tertiary/aromatic N) is 1. The van der Waals surface area contributed by atoms with Crippen molar-refractivity contribution in [2.24, 2.45) is 0 Å². The van der Waals surface area contributed by atoms with Gasteiger partial charge in [-0.05, 0) is 49.1 Å². The lowest BCUT2D eigenvalue weighted by Crippen LogP contribution is -2.15. The summed E-state index contributed by atoms with van der Waals surface area (Å²) in [6.45, 7) is 0. The zero-order valence-corrected chi connectivity index (χ0v) is 13.1. The number of rotatable bonds is 2. The summed E-state index contributed by atoms with van der Waals surface area (Å²) in [6, 6.07) is 8.56. The quantitative estimate of drug-likeness (QED) is 0.685. The number of aromatic nitrogens is 2. The Labute approximate surface area is 131 Å². The third-order valence-electron chi connectivity index (χ3n) is 4.37. The van der Waals surface area contributed by atoms with Crippen molar-refractivity contribution in [1.82, 2.24) is 9.55 Å². The van der Waals surface area contributed by atoms with Crippen LogP contribution in [0.3, 0.4) is 0 Å². The largest absolute Gasteiger partial charge is 0.356 e. The number of halogens is 1. The van der Waals surface area contributed by atoms with Crippen molar-refractivity contribution in [3.63, 3.8) is 0 Å². The van der Waals surface area contributed by atoms with E-state index in [0.717, 1.165) is 29.2 Å². The third kappa shape index (κ3) is 2.05. The van der Waals surface area contributed by atoms with Gasteiger partial charge in [0.1, 0.15) is 0 Å². The topological polar surface area (TPSA) is 37.8 Å². The van der Waals surface area contributed by atoms with E-state index in [4.69, 9.17) is 0 Å². The second-order valence-corrected chi connectivity index (χ2v) is 6.54. The smallest absolute Gasteiger partial charge is 0.151 e. The van der Waals surface area contributed by atoms with Gasteiger partial charge in [-0.1, -0.05) is 15.9 Å². The lowest BCUT2D eigenvalue weighted by Gasteiger charge is -2.24. The molecular weight excluding hydrogens is 328 g/mol. The number of fused-ring (bicyclic) bond motifs is 3. The van der Waals surface area contributed by atoms with Gasteiger partial charge in [0.25, 0.3) is 0 Å². The third-order valence-corrected chi connectivity index (χ3v) is 4.87. The van der Waals surface area contributed by atoms with Crippen molar-refractivity contribution in [1.29, 1.82) is 0 Å². The molecule has 1 aromatic carbocycles. The Morgan fingerprint density at radius 1 is 1.33 bits per heavy atom. The Morgan fingerprint density at radius 3 is 3.05 bits per heavy atom. The van der Waals surface area contributed by atoms with Gasteiger partial charge in [-0.15, -0.1) is 0 Å². The van der Waals surface area contributed by atoms with Gasteiger partial charge < -0.3 is 9.55 Å². The van der Waals surface area contributed by atoms with E-state index >= 15 is 0 Å². The second kappa shape index (κ2) is 4.88. The maximum atomic E-state index is 10.9. The molecule has 1 N–H and O–H groups in total. The summed E-state index contributed by atoms with van der Waals surface area (Å²) in [4.78, 5) is 14.5. The summed E-state index contributed by atoms with van der Waals surface area (Å²) in [6.07, 6.45) is 8.24. The fraction of sp³-hybridized carbons (Fsp3) is 0.235. The molecule has 4 heteroatoms. The first-order valence-corrected chi connectivity index (χ1v) is 7.98. The lowest BCUT2D eigenvalue weighted by molar-refractivity contribution is 0.112. The molecule has 3 nitrogen and oxygen atoms in total. The number of nitrogens with one attached hydrogen (secondary N) is 1. The average molecular weight is 343 g/mol. The van der Waals surface area contributed by atoms with E-state index < -0.39 is 0 Å². The van der Waals surface area contributed by atoms with E-state index in [2.05, 4.69) is 43.7 Å². The van der Waals surface area contributed by atoms with Crippen molar-refractivity contribution in [3.05, 3.63) is 58.0 Å². The van der Waals surface area contributed by atoms with Crippen LogP contribution in [0.1, 0.15) is 40.5 Å². The predicted octanol–water partition coefficient (Wildman–Crippen LogP) is 4.47. The fourth-order valence-corrected chi connectivity index (χ4v) is 3.76. The standard InChI is InChI=1S/C17H15BrN2O/c18-12-4-5-15-14(8-12)13-2-1-3-16(17(13)19-15)20-7-6-11(9-20)10-21/h4-10,16,19H,1-3H2. The molecule has 1 aliphatic rings. The SMILES string of the molecule is O=Cc1ccn(C2CCCc3c2[nH]c2ccc(Br)cc32)c1. The second-order valence-electron chi connectivity index (χ2n) is 5.63. The van der Waals surface area contributed by atoms with Crippen LogP contribution in [0.25, 0.3) is 10.9 Å². The van der Waals surface area contributed by atoms with Crippen LogP contribution in [0.5, 0.6) is 0 Å². The molecule has 1 unspecified atom stereocenters. The van der Waals surface area contributed by atoms with Crippen LogP contribution < -0.4 is 0 Å². The molecule has 3 aromatic rings. The molecule has 0 amide bonds. The van der Waals surface area contributed by atoms with Crippen LogP contribution in [-0.4, -0.2) is 15.8 Å². The van der Waals surface area contributed by atoms with Gasteiger partial charge in [0.2, 0.25) is 0 Å². The monoisotopic (exact) mass is 342 g/mol. The Balaban J connectivity index is 1.87. The maximum absolute atomic E-state index is 10.9. The zero-order chi connectivity index (χ0) is 14.4. The highest BCUT2D eigenvalue weighted by Gasteiger charge is 2.25. The van der Waals surface area contributed by atoms with Gasteiger partial charge in [-0.25, -0.2) is 0 Å². The highest BCUT2D eigenvalue weighted by molar-refractivity contribution is 9.10. The van der Waals surface area contributed by atoms with Crippen LogP contribution in [-0.2, 0) is 6.42 Å². The van der Waals surface area contributed by atoms with Crippen LogP contribution in [0.4, 0.5) is 0 Å². The minimum absolute atomic E-state index is 0.300. The van der Waals surface area contributed by atoms with Crippen molar-refractivity contribution >= 4 is 33.1 Å². The van der Waals surface area contributed by atoms with E-state index in [1.807, 2.05) is 18.5 Å². The van der Waals surface area contributed by atoms with Crippen molar-refractivity contribution in [2.45, 2.75) is 25.3 Å². The number of hydrogen-bond acceptors (Lipinski definition) is 1. The van der Waals surface area contributed by atoms with E-state index in [0.29, 0.717) is 6.04 Å². The molecule has 106 valence electrons. The number of aromatic amines is 1. The molecule has 0 radical (unpaired) electrons. The molecule has 2 aromatic heterocycles. The van der Waals surface area contributed by atoms with Crippen LogP contribution in [0.15, 0.2) is 41.1 Å². The number of carbonyl (C=O) groups excluding carboxylic acids is 1. The van der Waals surface area contributed by atoms with Crippen molar-refractivity contribution < 1.29 is 4.79 Å². The van der Waals surface area contributed by atoms with Gasteiger partial charge in [-0.3, -0.25) is 4.79 Å². The molecule has 0 saturated carbocycles. The minimum Gasteiger partial charge on any atom is -0.356 e. The first-order valence-electron chi connectivity index (χ1n) is 7.19. The molecule has 4 rings (SSSR count). The van der Waals surface area contributed by atoms with E-state index in [9.17, 15) is 4.79 Å². The molecule has 0 saturated heterocycles. The van der Waals surface area contributed by atoms with Crippen molar-refractivity contribution in [2.75, 3.05) is 0 Å². The van der Waals surface area contributed by atoms with E-state index in [1.54, 1.807) is 0 Å². The van der Waals surface area contributed by atoms with Crippen LogP contribution >= 0.6 is 15.9 Å². The van der Waals surface area contributed by atoms with Gasteiger partial charge in [-0.2, -0.15) is 0 Å². The molecular formula is C17H15BrN2O. The summed E-state index contributed by atoms with van der Waals surface area (Å²) in [7, 11) is 0. The Bertz CT molecular complexity index is 831. The first kappa shape index (κ1) is 12.9. The zero-order valence-electron chi connectivity index (χ0n) is 11.5. The Hall–Kier alpha value is -1.81. The molecule has 0 spiro atoms. The minimum atomic E-state index is 0.300. The summed E-state index contributed by atoms with van der Waals surface area (Å²) in [5.74, 6) is 0. The van der Waals surface area contributed by atoms with Gasteiger partial charge in [0, 0.05) is 39.0 Å². The Morgan fingerprint density at radius 2 is 2.24 bits per heavy atom. The summed E-state index contributed by atoms with van der Waals surface area (Å²) < 4.78 is 3.27. The number of H-pyrrole nitrogens is 1. The fourth-order valence-electron chi connectivity index (χ4n) is 3.40. The number of hydrogen-bond donors (Lipinski definition) is 1. The highest BCUT2D eigenvalue weighted by Crippen LogP contribution is 2.37. The molecule has 2 heterocycles. The molecule has 1 atom stereocenters. The van der Waals surface area contributed by atoms with Gasteiger partial charge in [0.15, 0.2) is 6.29 Å². The molecule has 21 heavy (non-hydrogen) atoms. The summed E-state index contributed by atoms with van der Waals surface area (Å²) in [5, 5.41) is 1.31. The predicted molar refractivity (Wildman–Crippen MR) is 86.9 cm³/mol. The highest BCUT2D eigenvalue weighted by atomic mass is 79.9. The Kier molecular flexibility index (Phi) is 3.00. The normalized spacial score (nSPS) is 17.9. The number of aldehydes is 1. The van der Waals surface area contributed by atoms with Gasteiger partial charge >= 0.3 is 0 Å². The van der Waals surface area contributed by atoms with Gasteiger partial charge in [0.05, 0.1) is 6.04 Å². The molecule has 0 aliphatic heterocycles. The van der Waals surface area contributed by atoms with Crippen LogP contribution in [0.2, 0.25) is 0 Å². The van der Waals surface area contributed by atoms with Crippen molar-refractivity contribution in [3.8, 4) is 0 Å². The molecule has 0 bridgehead atoms. The van der Waals surface area contributed by atoms with E-state index in [-0.39, 0.29) is 0 Å². The average Bonchev–Trinajstić information content (AvgIpc) is 3.11. The lowest BCUT2D eigenvalue weighted by atomic mass is 9.91. The number of benzene rings is 1. The number of aryl methyl sites for hydroxylation is 1. The number of carbonyl (C=O) groups is 1. The maximum Gasteiger partial charge on any atom is 0.151 e. The van der Waals surface area contributed by atoms with Crippen LogP contribution in [0, 0.1) is 0 Å². The van der Waals surface area contributed by atoms with E-state index in [1.165, 1.54) is 28.6 Å². The summed E-state index contributed by atoms with van der Waals surface area (Å²) in [5.41, 5.74) is 4.64. The molecule has 0 fully saturated rings. The summed E-state index contributed by atoms with van der Waals surface area (Å²) >= 11 is 3.56. The first-order chi connectivity index (χ1) is 10.3.